The van der Waals surface area contributed by atoms with Gasteiger partial charge in [0.2, 0.25) is 11.8 Å². The van der Waals surface area contributed by atoms with Crippen molar-refractivity contribution in [2.45, 2.75) is 19.3 Å². The number of nitrogens with one attached hydrogen (secondary N) is 3. The zero-order valence-electron chi connectivity index (χ0n) is 20.7. The fraction of sp³-hybridized carbons (Fsp3) is 0.161. The Bertz CT molecular complexity index is 1260. The van der Waals surface area contributed by atoms with Gasteiger partial charge in [0.05, 0.1) is 13.2 Å². The highest BCUT2D eigenvalue weighted by atomic mass is 16.5. The van der Waals surface area contributed by atoms with Crippen molar-refractivity contribution in [1.29, 1.82) is 0 Å². The molecule has 0 aromatic heterocycles. The molecule has 3 N–H and O–H groups in total. The van der Waals surface area contributed by atoms with Crippen LogP contribution in [0.1, 0.15) is 17.5 Å². The van der Waals surface area contributed by atoms with Crippen molar-refractivity contribution in [2.24, 2.45) is 0 Å². The second kappa shape index (κ2) is 13.5. The van der Waals surface area contributed by atoms with Crippen LogP contribution in [0.15, 0.2) is 109 Å². The van der Waals surface area contributed by atoms with Crippen LogP contribution < -0.4 is 20.7 Å². The van der Waals surface area contributed by atoms with E-state index in [4.69, 9.17) is 4.74 Å². The molecule has 4 aromatic rings. The summed E-state index contributed by atoms with van der Waals surface area (Å²) in [6, 6.07) is 34.8. The van der Waals surface area contributed by atoms with E-state index < -0.39 is 0 Å². The van der Waals surface area contributed by atoms with Gasteiger partial charge in [-0.2, -0.15) is 0 Å². The summed E-state index contributed by atoms with van der Waals surface area (Å²) < 4.78 is 5.79. The number of benzene rings is 4. The number of hydrogen-bond acceptors (Lipinski definition) is 4. The lowest BCUT2D eigenvalue weighted by molar-refractivity contribution is -0.116. The molecule has 4 rings (SSSR count). The average Bonchev–Trinajstić information content (AvgIpc) is 2.94. The Morgan fingerprint density at radius 2 is 1.08 bits per heavy atom. The zero-order valence-corrected chi connectivity index (χ0v) is 20.7. The Morgan fingerprint density at radius 3 is 1.70 bits per heavy atom. The molecule has 37 heavy (non-hydrogen) atoms. The highest BCUT2D eigenvalue weighted by Crippen LogP contribution is 2.17. The monoisotopic (exact) mass is 493 g/mol. The molecule has 6 nitrogen and oxygen atoms in total. The van der Waals surface area contributed by atoms with Crippen LogP contribution in [0, 0.1) is 0 Å². The fourth-order valence-electron chi connectivity index (χ4n) is 3.75. The molecule has 6 heteroatoms. The molecule has 0 aliphatic rings. The predicted octanol–water partition coefficient (Wildman–Crippen LogP) is 5.93. The van der Waals surface area contributed by atoms with Crippen molar-refractivity contribution in [1.82, 2.24) is 0 Å². The molecule has 0 aliphatic heterocycles. The molecule has 2 amide bonds. The van der Waals surface area contributed by atoms with Crippen molar-refractivity contribution in [2.75, 3.05) is 29.1 Å². The topological polar surface area (TPSA) is 79.5 Å². The van der Waals surface area contributed by atoms with Gasteiger partial charge >= 0.3 is 0 Å². The predicted molar refractivity (Wildman–Crippen MR) is 149 cm³/mol. The molecule has 0 heterocycles. The first-order chi connectivity index (χ1) is 18.1. The summed E-state index contributed by atoms with van der Waals surface area (Å²) in [5, 5.41) is 8.88. The summed E-state index contributed by atoms with van der Waals surface area (Å²) in [7, 11) is 0. The Hall–Kier alpha value is -4.58. The van der Waals surface area contributed by atoms with E-state index in [1.807, 2.05) is 97.1 Å². The molecule has 188 valence electrons. The molecular formula is C31H31N3O3. The van der Waals surface area contributed by atoms with Gasteiger partial charge in [0.25, 0.3) is 0 Å². The Labute approximate surface area is 217 Å². The van der Waals surface area contributed by atoms with Crippen LogP contribution in [-0.4, -0.2) is 25.0 Å². The van der Waals surface area contributed by atoms with E-state index in [-0.39, 0.29) is 18.4 Å². The van der Waals surface area contributed by atoms with Crippen LogP contribution in [0.3, 0.4) is 0 Å². The lowest BCUT2D eigenvalue weighted by Gasteiger charge is -2.10. The smallest absolute Gasteiger partial charge is 0.243 e. The van der Waals surface area contributed by atoms with Gasteiger partial charge in [0.15, 0.2) is 0 Å². The molecular weight excluding hydrogens is 462 g/mol. The Morgan fingerprint density at radius 1 is 0.568 bits per heavy atom. The molecule has 0 radical (unpaired) electrons. The van der Waals surface area contributed by atoms with Gasteiger partial charge < -0.3 is 20.7 Å². The minimum atomic E-state index is -0.156. The number of aryl methyl sites for hydroxylation is 1. The Balaban J connectivity index is 1.14. The first kappa shape index (κ1) is 25.5. The minimum absolute atomic E-state index is 0.0310. The summed E-state index contributed by atoms with van der Waals surface area (Å²) in [5.74, 6) is 0.576. The number of carbonyl (C=O) groups excluding carboxylic acids is 2. The molecule has 0 fully saturated rings. The van der Waals surface area contributed by atoms with E-state index in [0.29, 0.717) is 25.1 Å². The second-order valence-corrected chi connectivity index (χ2v) is 8.62. The SMILES string of the molecule is O=C(CCc1ccccc1)Nc1ccc(NCC(=O)Nc2ccc(OCCc3ccccc3)cc2)cc1. The van der Waals surface area contributed by atoms with Gasteiger partial charge in [-0.3, -0.25) is 9.59 Å². The Kier molecular flexibility index (Phi) is 9.30. The van der Waals surface area contributed by atoms with E-state index in [1.165, 1.54) is 5.56 Å². The number of hydrogen-bond donors (Lipinski definition) is 3. The van der Waals surface area contributed by atoms with Gasteiger partial charge in [0.1, 0.15) is 5.75 Å². The fourth-order valence-corrected chi connectivity index (χ4v) is 3.75. The number of rotatable bonds is 12. The summed E-state index contributed by atoms with van der Waals surface area (Å²) >= 11 is 0. The van der Waals surface area contributed by atoms with Crippen LogP contribution in [0.4, 0.5) is 17.1 Å². The largest absolute Gasteiger partial charge is 0.493 e. The van der Waals surface area contributed by atoms with Crippen molar-refractivity contribution in [3.8, 4) is 5.75 Å². The van der Waals surface area contributed by atoms with E-state index in [0.717, 1.165) is 29.1 Å². The van der Waals surface area contributed by atoms with Gasteiger partial charge in [-0.05, 0) is 66.1 Å². The van der Waals surface area contributed by atoms with Gasteiger partial charge in [0, 0.05) is 29.9 Å². The van der Waals surface area contributed by atoms with E-state index in [2.05, 4.69) is 28.1 Å². The lowest BCUT2D eigenvalue weighted by atomic mass is 10.1. The molecule has 0 atom stereocenters. The summed E-state index contributed by atoms with van der Waals surface area (Å²) in [6.07, 6.45) is 1.96. The van der Waals surface area contributed by atoms with Crippen LogP contribution in [-0.2, 0) is 22.4 Å². The number of ether oxygens (including phenoxy) is 1. The number of anilines is 3. The third-order valence-electron chi connectivity index (χ3n) is 5.75. The van der Waals surface area contributed by atoms with Gasteiger partial charge in [-0.1, -0.05) is 60.7 Å². The van der Waals surface area contributed by atoms with Crippen LogP contribution in [0.5, 0.6) is 5.75 Å². The van der Waals surface area contributed by atoms with Crippen LogP contribution >= 0.6 is 0 Å². The third-order valence-corrected chi connectivity index (χ3v) is 5.75. The molecule has 0 spiro atoms. The van der Waals surface area contributed by atoms with Crippen molar-refractivity contribution in [3.63, 3.8) is 0 Å². The number of carbonyl (C=O) groups is 2. The molecule has 0 saturated carbocycles. The average molecular weight is 494 g/mol. The van der Waals surface area contributed by atoms with Gasteiger partial charge in [-0.15, -0.1) is 0 Å². The maximum atomic E-state index is 12.3. The maximum absolute atomic E-state index is 12.3. The summed E-state index contributed by atoms with van der Waals surface area (Å²) in [4.78, 5) is 24.5. The molecule has 0 unspecified atom stereocenters. The normalized spacial score (nSPS) is 10.4. The first-order valence-corrected chi connectivity index (χ1v) is 12.4. The highest BCUT2D eigenvalue weighted by Gasteiger charge is 2.06. The summed E-state index contributed by atoms with van der Waals surface area (Å²) in [6.45, 7) is 0.716. The first-order valence-electron chi connectivity index (χ1n) is 12.4. The molecule has 4 aromatic carbocycles. The third kappa shape index (κ3) is 8.85. The molecule has 0 bridgehead atoms. The maximum Gasteiger partial charge on any atom is 0.243 e. The second-order valence-electron chi connectivity index (χ2n) is 8.62. The lowest BCUT2D eigenvalue weighted by Crippen LogP contribution is -2.21. The standard InChI is InChI=1S/C31H31N3O3/c35-30(20-11-24-7-3-1-4-8-24)33-27-14-12-26(13-15-27)32-23-31(36)34-28-16-18-29(19-17-28)37-22-21-25-9-5-2-6-10-25/h1-10,12-19,32H,11,20-23H2,(H,33,35)(H,34,36). The van der Waals surface area contributed by atoms with E-state index in [9.17, 15) is 9.59 Å². The van der Waals surface area contributed by atoms with Crippen LogP contribution in [0.25, 0.3) is 0 Å². The minimum Gasteiger partial charge on any atom is -0.493 e. The zero-order chi connectivity index (χ0) is 25.7. The van der Waals surface area contributed by atoms with Crippen molar-refractivity contribution in [3.05, 3.63) is 120 Å². The highest BCUT2D eigenvalue weighted by molar-refractivity contribution is 5.94. The van der Waals surface area contributed by atoms with Crippen molar-refractivity contribution < 1.29 is 14.3 Å². The van der Waals surface area contributed by atoms with Gasteiger partial charge in [-0.25, -0.2) is 0 Å². The summed E-state index contributed by atoms with van der Waals surface area (Å²) in [5.41, 5.74) is 4.59. The number of amides is 2. The van der Waals surface area contributed by atoms with E-state index >= 15 is 0 Å². The van der Waals surface area contributed by atoms with E-state index in [1.54, 1.807) is 0 Å². The van der Waals surface area contributed by atoms with Crippen molar-refractivity contribution >= 4 is 28.9 Å². The molecule has 0 aliphatic carbocycles. The molecule has 0 saturated heterocycles. The van der Waals surface area contributed by atoms with Crippen LogP contribution in [0.2, 0.25) is 0 Å². The quantitative estimate of drug-likeness (QED) is 0.229.